The van der Waals surface area contributed by atoms with Gasteiger partial charge in [-0.3, -0.25) is 0 Å². The Kier molecular flexibility index (Phi) is 2.85. The number of hydrogen-bond donors (Lipinski definition) is 0. The predicted molar refractivity (Wildman–Crippen MR) is 75.5 cm³/mol. The molecule has 1 aromatic carbocycles. The van der Waals surface area contributed by atoms with Crippen LogP contribution in [0.15, 0.2) is 36.8 Å². The molecule has 19 heavy (non-hydrogen) atoms. The van der Waals surface area contributed by atoms with Crippen molar-refractivity contribution in [2.75, 3.05) is 7.11 Å². The van der Waals surface area contributed by atoms with Crippen molar-refractivity contribution in [3.05, 3.63) is 48.0 Å². The molecule has 0 saturated heterocycles. The molecular weight excluding hydrogens is 236 g/mol. The van der Waals surface area contributed by atoms with Gasteiger partial charge < -0.3 is 9.30 Å². The highest BCUT2D eigenvalue weighted by Gasteiger charge is 2.37. The molecule has 2 aromatic rings. The molecule has 1 atom stereocenters. The van der Waals surface area contributed by atoms with Gasteiger partial charge >= 0.3 is 0 Å². The lowest BCUT2D eigenvalue weighted by molar-refractivity contribution is 0.234. The fraction of sp³-hybridized carbons (Fsp3) is 0.438. The Morgan fingerprint density at radius 1 is 1.26 bits per heavy atom. The Labute approximate surface area is 114 Å². The molecule has 2 heterocycles. The maximum atomic E-state index is 5.25. The van der Waals surface area contributed by atoms with Crippen molar-refractivity contribution in [2.24, 2.45) is 5.41 Å². The fourth-order valence-electron chi connectivity index (χ4n) is 3.13. The van der Waals surface area contributed by atoms with Gasteiger partial charge in [-0.1, -0.05) is 26.0 Å². The molecule has 3 rings (SSSR count). The number of methoxy groups -OCH3 is 1. The molecule has 1 aromatic heterocycles. The van der Waals surface area contributed by atoms with E-state index in [0.29, 0.717) is 5.92 Å². The summed E-state index contributed by atoms with van der Waals surface area (Å²) >= 11 is 0. The van der Waals surface area contributed by atoms with Crippen LogP contribution in [0.3, 0.4) is 0 Å². The Morgan fingerprint density at radius 3 is 2.68 bits per heavy atom. The van der Waals surface area contributed by atoms with Crippen molar-refractivity contribution in [1.29, 1.82) is 0 Å². The molecule has 0 N–H and O–H groups in total. The third-order valence-corrected chi connectivity index (χ3v) is 4.27. The zero-order valence-electron chi connectivity index (χ0n) is 11.8. The van der Waals surface area contributed by atoms with Crippen LogP contribution in [0.5, 0.6) is 5.75 Å². The maximum Gasteiger partial charge on any atom is 0.118 e. The van der Waals surface area contributed by atoms with Gasteiger partial charge in [-0.25, -0.2) is 4.98 Å². The van der Waals surface area contributed by atoms with E-state index in [-0.39, 0.29) is 5.41 Å². The first kappa shape index (κ1) is 12.3. The molecule has 0 bridgehead atoms. The van der Waals surface area contributed by atoms with E-state index in [0.717, 1.165) is 12.3 Å². The number of rotatable bonds is 2. The number of hydrogen-bond acceptors (Lipinski definition) is 2. The molecule has 1 aliphatic rings. The third kappa shape index (κ3) is 2.03. The van der Waals surface area contributed by atoms with Crippen LogP contribution < -0.4 is 4.74 Å². The van der Waals surface area contributed by atoms with Crippen LogP contribution >= 0.6 is 0 Å². The molecule has 100 valence electrons. The zero-order valence-corrected chi connectivity index (χ0v) is 11.8. The summed E-state index contributed by atoms with van der Waals surface area (Å²) in [6.45, 7) is 5.76. The summed E-state index contributed by atoms with van der Waals surface area (Å²) in [4.78, 5) is 4.32. The Bertz CT molecular complexity index is 569. The zero-order chi connectivity index (χ0) is 13.5. The predicted octanol–water partition coefficient (Wildman–Crippen LogP) is 3.45. The lowest BCUT2D eigenvalue weighted by Crippen LogP contribution is -2.31. The third-order valence-electron chi connectivity index (χ3n) is 4.27. The first-order valence-corrected chi connectivity index (χ1v) is 6.76. The van der Waals surface area contributed by atoms with Gasteiger partial charge in [0.25, 0.3) is 0 Å². The van der Waals surface area contributed by atoms with Crippen molar-refractivity contribution in [1.82, 2.24) is 9.55 Å². The topological polar surface area (TPSA) is 27.1 Å². The highest BCUT2D eigenvalue weighted by molar-refractivity contribution is 5.36. The summed E-state index contributed by atoms with van der Waals surface area (Å²) in [7, 11) is 1.70. The number of aromatic nitrogens is 2. The van der Waals surface area contributed by atoms with Gasteiger partial charge in [-0.2, -0.15) is 0 Å². The van der Waals surface area contributed by atoms with Crippen molar-refractivity contribution in [3.63, 3.8) is 0 Å². The van der Waals surface area contributed by atoms with Crippen LogP contribution in [0.2, 0.25) is 0 Å². The van der Waals surface area contributed by atoms with Crippen LogP contribution in [-0.4, -0.2) is 16.7 Å². The average molecular weight is 256 g/mol. The minimum atomic E-state index is 0.255. The highest BCUT2D eigenvalue weighted by atomic mass is 16.5. The minimum Gasteiger partial charge on any atom is -0.497 e. The second kappa shape index (κ2) is 4.41. The molecular formula is C16H20N2O. The van der Waals surface area contributed by atoms with E-state index in [1.54, 1.807) is 7.11 Å². The van der Waals surface area contributed by atoms with Gasteiger partial charge in [-0.05, 0) is 29.5 Å². The molecule has 3 nitrogen and oxygen atoms in total. The van der Waals surface area contributed by atoms with Crippen LogP contribution in [0.1, 0.15) is 37.4 Å². The molecule has 1 aliphatic heterocycles. The molecule has 0 aliphatic carbocycles. The second-order valence-electron chi connectivity index (χ2n) is 5.96. The number of aryl methyl sites for hydroxylation is 1. The van der Waals surface area contributed by atoms with Crippen LogP contribution in [0.25, 0.3) is 0 Å². The van der Waals surface area contributed by atoms with Gasteiger partial charge in [0, 0.05) is 24.4 Å². The van der Waals surface area contributed by atoms with E-state index in [2.05, 4.69) is 35.5 Å². The molecule has 0 radical (unpaired) electrons. The number of benzene rings is 1. The normalized spacial score (nSPS) is 20.9. The van der Waals surface area contributed by atoms with Gasteiger partial charge in [-0.15, -0.1) is 0 Å². The fourth-order valence-corrected chi connectivity index (χ4v) is 3.13. The smallest absolute Gasteiger partial charge is 0.118 e. The number of ether oxygens (including phenoxy) is 1. The summed E-state index contributed by atoms with van der Waals surface area (Å²) in [6.07, 6.45) is 5.13. The molecule has 0 saturated carbocycles. The summed E-state index contributed by atoms with van der Waals surface area (Å²) in [5.41, 5.74) is 2.92. The van der Waals surface area contributed by atoms with Gasteiger partial charge in [0.15, 0.2) is 0 Å². The summed E-state index contributed by atoms with van der Waals surface area (Å²) in [6, 6.07) is 8.43. The van der Waals surface area contributed by atoms with E-state index < -0.39 is 0 Å². The Balaban J connectivity index is 2.06. The lowest BCUT2D eigenvalue weighted by atomic mass is 9.69. The van der Waals surface area contributed by atoms with Crippen molar-refractivity contribution >= 4 is 0 Å². The second-order valence-corrected chi connectivity index (χ2v) is 5.96. The van der Waals surface area contributed by atoms with Crippen molar-refractivity contribution in [3.8, 4) is 5.75 Å². The van der Waals surface area contributed by atoms with Crippen molar-refractivity contribution in [2.45, 2.75) is 32.7 Å². The van der Waals surface area contributed by atoms with Gasteiger partial charge in [0.2, 0.25) is 0 Å². The number of imidazole rings is 1. The van der Waals surface area contributed by atoms with E-state index in [1.165, 1.54) is 17.7 Å². The van der Waals surface area contributed by atoms with Crippen LogP contribution in [0, 0.1) is 5.41 Å². The van der Waals surface area contributed by atoms with Crippen LogP contribution in [-0.2, 0) is 6.54 Å². The Hall–Kier alpha value is -1.77. The minimum absolute atomic E-state index is 0.255. The number of fused-ring (bicyclic) bond motifs is 1. The largest absolute Gasteiger partial charge is 0.497 e. The average Bonchev–Trinajstić information content (AvgIpc) is 2.86. The first-order chi connectivity index (χ1) is 9.12. The quantitative estimate of drug-likeness (QED) is 0.823. The molecule has 3 heteroatoms. The summed E-state index contributed by atoms with van der Waals surface area (Å²) in [5, 5.41) is 0. The monoisotopic (exact) mass is 256 g/mol. The van der Waals surface area contributed by atoms with E-state index >= 15 is 0 Å². The summed E-state index contributed by atoms with van der Waals surface area (Å²) < 4.78 is 7.52. The standard InChI is InChI=1S/C16H20N2O/c1-16(2)8-9-18-11-17-10-14(18)15(16)12-4-6-13(19-3)7-5-12/h4-7,10-11,15H,8-9H2,1-3H3. The SMILES string of the molecule is COc1ccc(C2c3cncn3CCC2(C)C)cc1. The van der Waals surface area contributed by atoms with Crippen molar-refractivity contribution < 1.29 is 4.74 Å². The van der Waals surface area contributed by atoms with Gasteiger partial charge in [0.1, 0.15) is 5.75 Å². The first-order valence-electron chi connectivity index (χ1n) is 6.76. The molecule has 0 fully saturated rings. The van der Waals surface area contributed by atoms with Crippen LogP contribution in [0.4, 0.5) is 0 Å². The van der Waals surface area contributed by atoms with E-state index in [4.69, 9.17) is 4.74 Å². The molecule has 0 amide bonds. The van der Waals surface area contributed by atoms with E-state index in [9.17, 15) is 0 Å². The molecule has 1 unspecified atom stereocenters. The summed E-state index contributed by atoms with van der Waals surface area (Å²) in [5.74, 6) is 1.31. The van der Waals surface area contributed by atoms with Gasteiger partial charge in [0.05, 0.1) is 13.4 Å². The van der Waals surface area contributed by atoms with E-state index in [1.807, 2.05) is 24.7 Å². The highest BCUT2D eigenvalue weighted by Crippen LogP contribution is 2.46. The maximum absolute atomic E-state index is 5.25. The lowest BCUT2D eigenvalue weighted by Gasteiger charge is -2.39. The number of nitrogens with zero attached hydrogens (tertiary/aromatic N) is 2. The molecule has 0 spiro atoms. The Morgan fingerprint density at radius 2 is 2.00 bits per heavy atom.